The van der Waals surface area contributed by atoms with E-state index in [9.17, 15) is 4.79 Å². The lowest BCUT2D eigenvalue weighted by atomic mass is 10.3. The van der Waals surface area contributed by atoms with Gasteiger partial charge < -0.3 is 5.73 Å². The van der Waals surface area contributed by atoms with Crippen LogP contribution in [0.15, 0.2) is 34.3 Å². The number of benzene rings is 1. The van der Waals surface area contributed by atoms with E-state index in [1.54, 1.807) is 11.8 Å². The lowest BCUT2D eigenvalue weighted by Gasteiger charge is -2.04. The van der Waals surface area contributed by atoms with Crippen LogP contribution < -0.4 is 11.1 Å². The van der Waals surface area contributed by atoms with Crippen LogP contribution in [0.3, 0.4) is 0 Å². The fourth-order valence-electron chi connectivity index (χ4n) is 1.42. The largest absolute Gasteiger partial charge is 0.398 e. The van der Waals surface area contributed by atoms with Crippen molar-refractivity contribution < 1.29 is 4.79 Å². The van der Waals surface area contributed by atoms with Crippen molar-refractivity contribution in [1.29, 1.82) is 0 Å². The van der Waals surface area contributed by atoms with E-state index in [0.29, 0.717) is 16.6 Å². The lowest BCUT2D eigenvalue weighted by molar-refractivity contribution is -0.113. The molecule has 2 aromatic rings. The Balaban J connectivity index is 1.82. The van der Waals surface area contributed by atoms with Gasteiger partial charge in [-0.25, -0.2) is 0 Å². The van der Waals surface area contributed by atoms with E-state index in [2.05, 4.69) is 21.6 Å². The van der Waals surface area contributed by atoms with Crippen molar-refractivity contribution >= 4 is 51.8 Å². The summed E-state index contributed by atoms with van der Waals surface area (Å²) in [5, 5.41) is 4.02. The third kappa shape index (κ3) is 5.22. The number of carbonyl (C=O) groups excluding carboxylic acids is 1. The van der Waals surface area contributed by atoms with Gasteiger partial charge in [-0.05, 0) is 18.6 Å². The second-order valence-corrected chi connectivity index (χ2v) is 6.94. The number of thioether (sulfide) groups is 2. The summed E-state index contributed by atoms with van der Waals surface area (Å²) in [4.78, 5) is 17.1. The van der Waals surface area contributed by atoms with Crippen LogP contribution in [0.1, 0.15) is 13.3 Å². The highest BCUT2D eigenvalue weighted by Gasteiger charge is 2.09. The second kappa shape index (κ2) is 8.26. The molecule has 21 heavy (non-hydrogen) atoms. The van der Waals surface area contributed by atoms with Crippen LogP contribution >= 0.6 is 35.1 Å². The zero-order chi connectivity index (χ0) is 15.1. The molecule has 3 N–H and O–H groups in total. The zero-order valence-electron chi connectivity index (χ0n) is 11.5. The number of aromatic nitrogens is 2. The SMILES string of the molecule is CCCSc1nsc(NC(=O)CSc2ccccc2N)n1. The van der Waals surface area contributed by atoms with Crippen molar-refractivity contribution in [2.75, 3.05) is 22.6 Å². The molecule has 2 rings (SSSR count). The zero-order valence-corrected chi connectivity index (χ0v) is 14.0. The molecule has 5 nitrogen and oxygen atoms in total. The second-order valence-electron chi connectivity index (χ2n) is 4.11. The van der Waals surface area contributed by atoms with Gasteiger partial charge in [-0.15, -0.1) is 11.8 Å². The minimum Gasteiger partial charge on any atom is -0.398 e. The maximum atomic E-state index is 11.9. The number of nitrogens with zero attached hydrogens (tertiary/aromatic N) is 2. The first-order valence-electron chi connectivity index (χ1n) is 6.42. The number of nitrogen functional groups attached to an aromatic ring is 1. The molecule has 0 spiro atoms. The Labute approximate surface area is 136 Å². The minimum absolute atomic E-state index is 0.105. The van der Waals surface area contributed by atoms with Crippen molar-refractivity contribution in [2.45, 2.75) is 23.4 Å². The van der Waals surface area contributed by atoms with Gasteiger partial charge in [0.15, 0.2) is 0 Å². The predicted molar refractivity (Wildman–Crippen MR) is 91.1 cm³/mol. The monoisotopic (exact) mass is 340 g/mol. The smallest absolute Gasteiger partial charge is 0.236 e. The fraction of sp³-hybridized carbons (Fsp3) is 0.308. The standard InChI is InChI=1S/C13H16N4OS3/c1-2-7-19-13-16-12(21-17-13)15-11(18)8-20-10-6-4-3-5-9(10)14/h3-6H,2,7-8,14H2,1H3,(H,15,16,17,18). The average molecular weight is 340 g/mol. The summed E-state index contributed by atoms with van der Waals surface area (Å²) in [6.45, 7) is 2.11. The molecule has 0 saturated carbocycles. The lowest BCUT2D eigenvalue weighted by Crippen LogP contribution is -2.13. The van der Waals surface area contributed by atoms with Crippen LogP contribution in [-0.2, 0) is 4.79 Å². The number of para-hydroxylation sites is 1. The van der Waals surface area contributed by atoms with Crippen LogP contribution in [0, 0.1) is 0 Å². The fourth-order valence-corrected chi connectivity index (χ4v) is 3.61. The summed E-state index contributed by atoms with van der Waals surface area (Å²) in [5.74, 6) is 1.17. The molecular formula is C13H16N4OS3. The van der Waals surface area contributed by atoms with Gasteiger partial charge in [0, 0.05) is 27.9 Å². The number of hydrogen-bond donors (Lipinski definition) is 2. The number of anilines is 2. The Kier molecular flexibility index (Phi) is 6.34. The molecule has 1 amide bonds. The van der Waals surface area contributed by atoms with Crippen molar-refractivity contribution in [2.24, 2.45) is 0 Å². The van der Waals surface area contributed by atoms with E-state index >= 15 is 0 Å². The molecule has 0 aliphatic rings. The van der Waals surface area contributed by atoms with E-state index in [0.717, 1.165) is 22.2 Å². The summed E-state index contributed by atoms with van der Waals surface area (Å²) in [5.41, 5.74) is 6.52. The number of amides is 1. The van der Waals surface area contributed by atoms with Gasteiger partial charge in [-0.1, -0.05) is 30.8 Å². The summed E-state index contributed by atoms with van der Waals surface area (Å²) in [6, 6.07) is 7.49. The molecule has 0 aliphatic heterocycles. The predicted octanol–water partition coefficient (Wildman–Crippen LogP) is 3.35. The minimum atomic E-state index is -0.105. The Morgan fingerprint density at radius 1 is 1.38 bits per heavy atom. The molecule has 0 fully saturated rings. The van der Waals surface area contributed by atoms with Gasteiger partial charge in [0.05, 0.1) is 5.75 Å². The quantitative estimate of drug-likeness (QED) is 0.594. The topological polar surface area (TPSA) is 80.9 Å². The van der Waals surface area contributed by atoms with Crippen molar-refractivity contribution in [3.05, 3.63) is 24.3 Å². The highest BCUT2D eigenvalue weighted by molar-refractivity contribution is 8.00. The Morgan fingerprint density at radius 3 is 2.95 bits per heavy atom. The molecule has 1 aromatic heterocycles. The van der Waals surface area contributed by atoms with E-state index in [1.165, 1.54) is 23.3 Å². The summed E-state index contributed by atoms with van der Waals surface area (Å²) >= 11 is 4.21. The van der Waals surface area contributed by atoms with Crippen molar-refractivity contribution in [1.82, 2.24) is 9.36 Å². The number of carbonyl (C=O) groups is 1. The Hall–Kier alpha value is -1.25. The van der Waals surface area contributed by atoms with Crippen LogP contribution in [0.5, 0.6) is 0 Å². The normalized spacial score (nSPS) is 10.5. The van der Waals surface area contributed by atoms with Crippen molar-refractivity contribution in [3.8, 4) is 0 Å². The van der Waals surface area contributed by atoms with Gasteiger partial charge in [0.2, 0.25) is 16.2 Å². The molecule has 0 atom stereocenters. The third-order valence-electron chi connectivity index (χ3n) is 2.37. The van der Waals surface area contributed by atoms with E-state index in [-0.39, 0.29) is 5.91 Å². The van der Waals surface area contributed by atoms with Gasteiger partial charge >= 0.3 is 0 Å². The van der Waals surface area contributed by atoms with Gasteiger partial charge in [-0.3, -0.25) is 10.1 Å². The summed E-state index contributed by atoms with van der Waals surface area (Å²) in [7, 11) is 0. The van der Waals surface area contributed by atoms with Crippen molar-refractivity contribution in [3.63, 3.8) is 0 Å². The molecule has 0 unspecified atom stereocenters. The van der Waals surface area contributed by atoms with Crippen LogP contribution in [0.2, 0.25) is 0 Å². The average Bonchev–Trinajstić information content (AvgIpc) is 2.91. The maximum absolute atomic E-state index is 11.9. The van der Waals surface area contributed by atoms with Gasteiger partial charge in [0.1, 0.15) is 0 Å². The van der Waals surface area contributed by atoms with Crippen LogP contribution in [-0.4, -0.2) is 26.8 Å². The van der Waals surface area contributed by atoms with Gasteiger partial charge in [0.25, 0.3) is 0 Å². The highest BCUT2D eigenvalue weighted by atomic mass is 32.2. The molecule has 0 bridgehead atoms. The molecule has 1 heterocycles. The first-order chi connectivity index (χ1) is 10.2. The molecule has 8 heteroatoms. The molecule has 0 radical (unpaired) electrons. The van der Waals surface area contributed by atoms with Crippen LogP contribution in [0.25, 0.3) is 0 Å². The molecule has 0 saturated heterocycles. The molecular weight excluding hydrogens is 324 g/mol. The summed E-state index contributed by atoms with van der Waals surface area (Å²) < 4.78 is 4.19. The van der Waals surface area contributed by atoms with E-state index in [1.807, 2.05) is 24.3 Å². The number of nitrogens with two attached hydrogens (primary N) is 1. The molecule has 112 valence electrons. The Morgan fingerprint density at radius 2 is 2.19 bits per heavy atom. The highest BCUT2D eigenvalue weighted by Crippen LogP contribution is 2.25. The molecule has 0 aliphatic carbocycles. The third-order valence-corrected chi connectivity index (χ3v) is 5.26. The first kappa shape index (κ1) is 16.1. The van der Waals surface area contributed by atoms with Gasteiger partial charge in [-0.2, -0.15) is 9.36 Å². The first-order valence-corrected chi connectivity index (χ1v) is 9.17. The Bertz CT molecular complexity index is 603. The molecule has 1 aromatic carbocycles. The van der Waals surface area contributed by atoms with E-state index < -0.39 is 0 Å². The summed E-state index contributed by atoms with van der Waals surface area (Å²) in [6.07, 6.45) is 1.07. The number of rotatable bonds is 7. The maximum Gasteiger partial charge on any atom is 0.236 e. The number of hydrogen-bond acceptors (Lipinski definition) is 7. The van der Waals surface area contributed by atoms with E-state index in [4.69, 9.17) is 5.73 Å². The van der Waals surface area contributed by atoms with Crippen LogP contribution in [0.4, 0.5) is 10.8 Å². The number of nitrogens with one attached hydrogen (secondary N) is 1.